The lowest BCUT2D eigenvalue weighted by Crippen LogP contribution is -1.99. The fraction of sp³-hybridized carbons (Fsp3) is 0. The summed E-state index contributed by atoms with van der Waals surface area (Å²) in [5.74, 6) is -0.950. The standard InChI is InChI=1S/C18H13NO2/c20-18(21)16(13-6-2-1-3-7-13)12-15-9-4-8-14-10-5-11-19-17(14)15/h1-12H,(H,20,21)/b16-12-. The number of hydrogen-bond donors (Lipinski definition) is 1. The van der Waals surface area contributed by atoms with Crippen molar-refractivity contribution in [2.24, 2.45) is 0 Å². The van der Waals surface area contributed by atoms with Crippen molar-refractivity contribution in [1.29, 1.82) is 0 Å². The molecule has 0 unspecified atom stereocenters. The van der Waals surface area contributed by atoms with E-state index in [1.165, 1.54) is 0 Å². The van der Waals surface area contributed by atoms with Gasteiger partial charge in [-0.25, -0.2) is 4.79 Å². The van der Waals surface area contributed by atoms with Crippen LogP contribution in [-0.2, 0) is 4.79 Å². The average Bonchev–Trinajstić information content (AvgIpc) is 2.53. The van der Waals surface area contributed by atoms with Crippen LogP contribution >= 0.6 is 0 Å². The monoisotopic (exact) mass is 275 g/mol. The zero-order valence-electron chi connectivity index (χ0n) is 11.2. The Morgan fingerprint density at radius 3 is 2.48 bits per heavy atom. The van der Waals surface area contributed by atoms with Crippen molar-refractivity contribution in [2.75, 3.05) is 0 Å². The van der Waals surface area contributed by atoms with E-state index in [9.17, 15) is 9.90 Å². The Morgan fingerprint density at radius 1 is 0.952 bits per heavy atom. The summed E-state index contributed by atoms with van der Waals surface area (Å²) in [5.41, 5.74) is 2.54. The van der Waals surface area contributed by atoms with Crippen molar-refractivity contribution in [3.05, 3.63) is 78.0 Å². The largest absolute Gasteiger partial charge is 0.478 e. The van der Waals surface area contributed by atoms with Crippen LogP contribution in [0.2, 0.25) is 0 Å². The minimum absolute atomic E-state index is 0.258. The van der Waals surface area contributed by atoms with Gasteiger partial charge in [0, 0.05) is 17.1 Å². The van der Waals surface area contributed by atoms with Gasteiger partial charge in [-0.1, -0.05) is 54.6 Å². The minimum Gasteiger partial charge on any atom is -0.478 e. The van der Waals surface area contributed by atoms with Crippen molar-refractivity contribution in [3.8, 4) is 0 Å². The lowest BCUT2D eigenvalue weighted by molar-refractivity contribution is -0.130. The van der Waals surface area contributed by atoms with E-state index in [2.05, 4.69) is 4.98 Å². The highest BCUT2D eigenvalue weighted by atomic mass is 16.4. The third kappa shape index (κ3) is 2.67. The van der Waals surface area contributed by atoms with Gasteiger partial charge in [-0.05, 0) is 17.7 Å². The molecule has 0 radical (unpaired) electrons. The summed E-state index contributed by atoms with van der Waals surface area (Å²) in [4.78, 5) is 15.9. The van der Waals surface area contributed by atoms with Gasteiger partial charge in [0.2, 0.25) is 0 Å². The number of pyridine rings is 1. The van der Waals surface area contributed by atoms with Crippen LogP contribution in [0.25, 0.3) is 22.6 Å². The number of rotatable bonds is 3. The molecule has 0 atom stereocenters. The van der Waals surface area contributed by atoms with Gasteiger partial charge >= 0.3 is 5.97 Å². The number of aliphatic carboxylic acids is 1. The summed E-state index contributed by atoms with van der Waals surface area (Å²) < 4.78 is 0. The van der Waals surface area contributed by atoms with Gasteiger partial charge in [-0.2, -0.15) is 0 Å². The highest BCUT2D eigenvalue weighted by Gasteiger charge is 2.11. The summed E-state index contributed by atoms with van der Waals surface area (Å²) in [6.07, 6.45) is 3.38. The van der Waals surface area contributed by atoms with E-state index in [0.717, 1.165) is 16.5 Å². The maximum Gasteiger partial charge on any atom is 0.336 e. The number of aromatic nitrogens is 1. The summed E-state index contributed by atoms with van der Waals surface area (Å²) in [5, 5.41) is 10.5. The number of carbonyl (C=O) groups is 1. The fourth-order valence-corrected chi connectivity index (χ4v) is 2.29. The number of hydrogen-bond acceptors (Lipinski definition) is 2. The van der Waals surface area contributed by atoms with Crippen molar-refractivity contribution >= 4 is 28.5 Å². The molecule has 0 aliphatic carbocycles. The maximum atomic E-state index is 11.6. The van der Waals surface area contributed by atoms with E-state index in [-0.39, 0.29) is 5.57 Å². The third-order valence-electron chi connectivity index (χ3n) is 3.28. The molecule has 0 aliphatic rings. The van der Waals surface area contributed by atoms with Crippen LogP contribution in [0, 0.1) is 0 Å². The number of carboxylic acids is 1. The van der Waals surface area contributed by atoms with E-state index in [1.54, 1.807) is 24.4 Å². The zero-order valence-corrected chi connectivity index (χ0v) is 11.2. The third-order valence-corrected chi connectivity index (χ3v) is 3.28. The number of carboxylic acid groups (broad SMARTS) is 1. The molecule has 2 aromatic carbocycles. The second-order valence-electron chi connectivity index (χ2n) is 4.65. The van der Waals surface area contributed by atoms with Crippen LogP contribution in [0.4, 0.5) is 0 Å². The van der Waals surface area contributed by atoms with Gasteiger partial charge < -0.3 is 5.11 Å². The molecule has 0 fully saturated rings. The lowest BCUT2D eigenvalue weighted by Gasteiger charge is -2.05. The van der Waals surface area contributed by atoms with Gasteiger partial charge in [0.05, 0.1) is 11.1 Å². The first-order chi connectivity index (χ1) is 10.3. The van der Waals surface area contributed by atoms with Crippen LogP contribution in [0.15, 0.2) is 66.9 Å². The Balaban J connectivity index is 2.19. The van der Waals surface area contributed by atoms with E-state index < -0.39 is 5.97 Å². The molecule has 0 saturated carbocycles. The number of para-hydroxylation sites is 1. The Morgan fingerprint density at radius 2 is 1.71 bits per heavy atom. The van der Waals surface area contributed by atoms with Gasteiger partial charge in [-0.3, -0.25) is 4.98 Å². The molecule has 3 nitrogen and oxygen atoms in total. The minimum atomic E-state index is -0.950. The molecule has 3 heteroatoms. The molecule has 0 spiro atoms. The Kier molecular flexibility index (Phi) is 3.48. The maximum absolute atomic E-state index is 11.6. The van der Waals surface area contributed by atoms with Gasteiger partial charge in [-0.15, -0.1) is 0 Å². The predicted molar refractivity (Wildman–Crippen MR) is 83.7 cm³/mol. The summed E-state index contributed by atoms with van der Waals surface area (Å²) in [6.45, 7) is 0. The number of benzene rings is 2. The Labute approximate surface area is 122 Å². The molecule has 1 aromatic heterocycles. The van der Waals surface area contributed by atoms with E-state index in [4.69, 9.17) is 0 Å². The van der Waals surface area contributed by atoms with Crippen LogP contribution in [0.3, 0.4) is 0 Å². The first-order valence-corrected chi connectivity index (χ1v) is 6.60. The van der Waals surface area contributed by atoms with Crippen molar-refractivity contribution in [3.63, 3.8) is 0 Å². The molecule has 102 valence electrons. The first kappa shape index (κ1) is 13.1. The SMILES string of the molecule is O=C(O)/C(=C\c1cccc2cccnc12)c1ccccc1. The van der Waals surface area contributed by atoms with E-state index in [0.29, 0.717) is 5.56 Å². The average molecular weight is 275 g/mol. The van der Waals surface area contributed by atoms with E-state index in [1.807, 2.05) is 48.5 Å². The molecule has 3 aromatic rings. The highest BCUT2D eigenvalue weighted by Crippen LogP contribution is 2.23. The fourth-order valence-electron chi connectivity index (χ4n) is 2.29. The Hall–Kier alpha value is -2.94. The van der Waals surface area contributed by atoms with Crippen molar-refractivity contribution in [1.82, 2.24) is 4.98 Å². The molecule has 0 aliphatic heterocycles. The quantitative estimate of drug-likeness (QED) is 0.583. The van der Waals surface area contributed by atoms with Crippen LogP contribution < -0.4 is 0 Å². The molecular weight excluding hydrogens is 262 g/mol. The highest BCUT2D eigenvalue weighted by molar-refractivity contribution is 6.21. The van der Waals surface area contributed by atoms with Crippen LogP contribution in [0.1, 0.15) is 11.1 Å². The first-order valence-electron chi connectivity index (χ1n) is 6.60. The topological polar surface area (TPSA) is 50.2 Å². The molecule has 0 amide bonds. The summed E-state index contributed by atoms with van der Waals surface area (Å²) in [7, 11) is 0. The smallest absolute Gasteiger partial charge is 0.336 e. The molecule has 1 N–H and O–H groups in total. The Bertz CT molecular complexity index is 818. The normalized spacial score (nSPS) is 11.5. The molecule has 21 heavy (non-hydrogen) atoms. The summed E-state index contributed by atoms with van der Waals surface area (Å²) >= 11 is 0. The van der Waals surface area contributed by atoms with Crippen LogP contribution in [-0.4, -0.2) is 16.1 Å². The molecule has 0 saturated heterocycles. The number of fused-ring (bicyclic) bond motifs is 1. The van der Waals surface area contributed by atoms with Gasteiger partial charge in [0.15, 0.2) is 0 Å². The molecule has 0 bridgehead atoms. The molecule has 3 rings (SSSR count). The zero-order chi connectivity index (χ0) is 14.7. The second kappa shape index (κ2) is 5.59. The van der Waals surface area contributed by atoms with Crippen LogP contribution in [0.5, 0.6) is 0 Å². The summed E-state index contributed by atoms with van der Waals surface area (Å²) in [6, 6.07) is 18.7. The van der Waals surface area contributed by atoms with E-state index >= 15 is 0 Å². The lowest BCUT2D eigenvalue weighted by atomic mass is 10.0. The molecule has 1 heterocycles. The van der Waals surface area contributed by atoms with Crippen molar-refractivity contribution in [2.45, 2.75) is 0 Å². The predicted octanol–water partition coefficient (Wildman–Crippen LogP) is 3.86. The second-order valence-corrected chi connectivity index (χ2v) is 4.65. The van der Waals surface area contributed by atoms with Gasteiger partial charge in [0.1, 0.15) is 0 Å². The number of nitrogens with zero attached hydrogens (tertiary/aromatic N) is 1. The van der Waals surface area contributed by atoms with Crippen molar-refractivity contribution < 1.29 is 9.90 Å². The molecular formula is C18H13NO2. The van der Waals surface area contributed by atoms with Gasteiger partial charge in [0.25, 0.3) is 0 Å².